The van der Waals surface area contributed by atoms with E-state index in [1.54, 1.807) is 51.6 Å². The molecule has 10 rings (SSSR count). The fourth-order valence-electron chi connectivity index (χ4n) is 8.58. The Kier molecular flexibility index (Phi) is 16.5. The normalized spacial score (nSPS) is 15.1. The highest BCUT2D eigenvalue weighted by Crippen LogP contribution is 2.36. The third-order valence-corrected chi connectivity index (χ3v) is 13.9. The lowest BCUT2D eigenvalue weighted by atomic mass is 9.97. The Hall–Kier alpha value is -9.04. The highest BCUT2D eigenvalue weighted by Gasteiger charge is 2.30. The molecular weight excluding hydrogens is 1030 g/mol. The van der Waals surface area contributed by atoms with Crippen LogP contribution in [0.5, 0.6) is 23.0 Å². The molecule has 2 aliphatic heterocycles. The molecular formula is C51H52N14O10S2. The third-order valence-electron chi connectivity index (χ3n) is 12.5. The van der Waals surface area contributed by atoms with Gasteiger partial charge in [-0.15, -0.1) is 22.7 Å². The Morgan fingerprint density at radius 2 is 1.00 bits per heavy atom. The number of anilines is 8. The maximum Gasteiger partial charge on any atom is 0.356 e. The van der Waals surface area contributed by atoms with Gasteiger partial charge >= 0.3 is 11.9 Å². The molecule has 5 N–H and O–H groups in total. The number of benzene rings is 2. The molecule has 2 aliphatic rings. The van der Waals surface area contributed by atoms with Gasteiger partial charge < -0.3 is 59.9 Å². The molecule has 2 unspecified atom stereocenters. The van der Waals surface area contributed by atoms with E-state index in [0.29, 0.717) is 95.0 Å². The number of thiazole rings is 2. The number of piperidine rings is 2. The van der Waals surface area contributed by atoms with Crippen LogP contribution in [-0.2, 0) is 14.3 Å². The number of carboxylic acid groups (broad SMARTS) is 1. The average Bonchev–Trinajstić information content (AvgIpc) is 4.17. The number of ether oxygens (including phenoxy) is 5. The van der Waals surface area contributed by atoms with Crippen molar-refractivity contribution in [2.75, 3.05) is 92.8 Å². The Morgan fingerprint density at radius 1 is 0.558 bits per heavy atom. The minimum atomic E-state index is -1.12. The Labute approximate surface area is 448 Å². The van der Waals surface area contributed by atoms with E-state index in [2.05, 4.69) is 45.9 Å². The number of methoxy groups -OCH3 is 5. The van der Waals surface area contributed by atoms with Gasteiger partial charge in [0.1, 0.15) is 22.4 Å². The molecule has 2 atom stereocenters. The number of nitrogens with one attached hydrogen (secondary N) is 4. The lowest BCUT2D eigenvalue weighted by Gasteiger charge is -2.32. The summed E-state index contributed by atoms with van der Waals surface area (Å²) in [6.07, 6.45) is 5.82. The highest BCUT2D eigenvalue weighted by molar-refractivity contribution is 7.16. The third kappa shape index (κ3) is 12.4. The smallest absolute Gasteiger partial charge is 0.356 e. The molecule has 77 heavy (non-hydrogen) atoms. The summed E-state index contributed by atoms with van der Waals surface area (Å²) in [6, 6.07) is 17.0. The number of nitrogens with zero attached hydrogens (tertiary/aromatic N) is 10. The summed E-state index contributed by atoms with van der Waals surface area (Å²) in [5.74, 6) is 2.03. The zero-order chi connectivity index (χ0) is 54.0. The Balaban J connectivity index is 0.000000188. The van der Waals surface area contributed by atoms with Gasteiger partial charge in [-0.25, -0.2) is 29.5 Å². The number of hydrogen-bond donors (Lipinski definition) is 5. The summed E-state index contributed by atoms with van der Waals surface area (Å²) < 4.78 is 26.2. The highest BCUT2D eigenvalue weighted by atomic mass is 32.1. The quantitative estimate of drug-likeness (QED) is 0.0580. The van der Waals surface area contributed by atoms with Gasteiger partial charge in [-0.05, 0) is 74.2 Å². The Bertz CT molecular complexity index is 3420. The number of rotatable bonds is 16. The van der Waals surface area contributed by atoms with Crippen LogP contribution in [0.2, 0.25) is 0 Å². The number of aromatic carboxylic acids is 1. The summed E-state index contributed by atoms with van der Waals surface area (Å²) in [5.41, 5.74) is 7.31. The second kappa shape index (κ2) is 24.1. The number of aromatic nitrogens is 8. The van der Waals surface area contributed by atoms with Gasteiger partial charge in [0, 0.05) is 49.7 Å². The van der Waals surface area contributed by atoms with Crippen molar-refractivity contribution in [3.05, 3.63) is 95.5 Å². The van der Waals surface area contributed by atoms with Crippen molar-refractivity contribution in [3.63, 3.8) is 0 Å². The largest absolute Gasteiger partial charge is 0.493 e. The molecule has 2 fully saturated rings. The van der Waals surface area contributed by atoms with Gasteiger partial charge in [-0.2, -0.15) is 19.9 Å². The molecule has 2 amide bonds. The molecule has 0 spiro atoms. The molecule has 26 heteroatoms. The zero-order valence-corrected chi connectivity index (χ0v) is 43.9. The van der Waals surface area contributed by atoms with Gasteiger partial charge in [0.15, 0.2) is 44.3 Å². The molecule has 8 aromatic rings. The summed E-state index contributed by atoms with van der Waals surface area (Å²) in [5, 5.41) is 21.4. The molecule has 398 valence electrons. The SMILES string of the molecule is COC(=O)c1ccc(NC(=O)C2CCCN(c3nc(Nc4ccc(OC)c(OC)c4)c4ncsc4n3)C2)cn1.COc1ccc(Nc2nc(N3CCCC(C(=O)Nc4ccc(C(=O)O)nc4)C3)nc3scnc23)cc1OC. The number of carbonyl (C=O) groups is 4. The van der Waals surface area contributed by atoms with Crippen LogP contribution in [-0.4, -0.2) is 130 Å². The monoisotopic (exact) mass is 1080 g/mol. The van der Waals surface area contributed by atoms with E-state index in [1.807, 2.05) is 40.1 Å². The van der Waals surface area contributed by atoms with Gasteiger partial charge in [0.2, 0.25) is 23.7 Å². The van der Waals surface area contributed by atoms with E-state index < -0.39 is 11.9 Å². The fourth-order valence-corrected chi connectivity index (χ4v) is 9.89. The van der Waals surface area contributed by atoms with E-state index in [0.717, 1.165) is 46.8 Å². The second-order valence-corrected chi connectivity index (χ2v) is 19.0. The maximum absolute atomic E-state index is 13.1. The van der Waals surface area contributed by atoms with Crippen molar-refractivity contribution < 1.29 is 48.0 Å². The number of carboxylic acids is 1. The number of pyridine rings is 2. The molecule has 0 radical (unpaired) electrons. The molecule has 6 aromatic heterocycles. The molecule has 0 saturated carbocycles. The molecule has 8 heterocycles. The number of hydrogen-bond acceptors (Lipinski definition) is 23. The van der Waals surface area contributed by atoms with Gasteiger partial charge in [-0.3, -0.25) is 9.59 Å². The van der Waals surface area contributed by atoms with Crippen molar-refractivity contribution in [3.8, 4) is 23.0 Å². The topological polar surface area (TPSA) is 292 Å². The summed E-state index contributed by atoms with van der Waals surface area (Å²) >= 11 is 2.84. The van der Waals surface area contributed by atoms with E-state index >= 15 is 0 Å². The minimum Gasteiger partial charge on any atom is -0.493 e. The minimum absolute atomic E-state index is 0.0834. The lowest BCUT2D eigenvalue weighted by molar-refractivity contribution is -0.120. The Morgan fingerprint density at radius 3 is 1.40 bits per heavy atom. The predicted molar refractivity (Wildman–Crippen MR) is 290 cm³/mol. The second-order valence-electron chi connectivity index (χ2n) is 17.4. The lowest BCUT2D eigenvalue weighted by Crippen LogP contribution is -2.41. The maximum atomic E-state index is 13.1. The van der Waals surface area contributed by atoms with Crippen molar-refractivity contribution in [1.29, 1.82) is 0 Å². The van der Waals surface area contributed by atoms with Crippen molar-refractivity contribution >= 4 is 113 Å². The molecule has 2 saturated heterocycles. The molecule has 24 nitrogen and oxygen atoms in total. The van der Waals surface area contributed by atoms with Gasteiger partial charge in [0.25, 0.3) is 0 Å². The first-order chi connectivity index (χ1) is 37.4. The zero-order valence-electron chi connectivity index (χ0n) is 42.3. The van der Waals surface area contributed by atoms with Crippen LogP contribution in [0.25, 0.3) is 20.7 Å². The van der Waals surface area contributed by atoms with E-state index in [9.17, 15) is 19.2 Å². The number of amides is 2. The summed E-state index contributed by atoms with van der Waals surface area (Å²) in [4.78, 5) is 90.0. The van der Waals surface area contributed by atoms with Gasteiger partial charge in [0.05, 0.1) is 82.2 Å². The van der Waals surface area contributed by atoms with Crippen LogP contribution >= 0.6 is 22.7 Å². The van der Waals surface area contributed by atoms with Crippen LogP contribution in [0, 0.1) is 11.8 Å². The van der Waals surface area contributed by atoms with Crippen molar-refractivity contribution in [2.24, 2.45) is 11.8 Å². The average molecular weight is 1090 g/mol. The number of fused-ring (bicyclic) bond motifs is 2. The van der Waals surface area contributed by atoms with E-state index in [4.69, 9.17) is 44.0 Å². The van der Waals surface area contributed by atoms with E-state index in [1.165, 1.54) is 60.4 Å². The number of carbonyl (C=O) groups excluding carboxylic acids is 3. The first-order valence-corrected chi connectivity index (χ1v) is 25.8. The van der Waals surface area contributed by atoms with E-state index in [-0.39, 0.29) is 35.0 Å². The molecule has 2 aromatic carbocycles. The first-order valence-electron chi connectivity index (χ1n) is 24.0. The van der Waals surface area contributed by atoms with Crippen LogP contribution in [0.15, 0.2) is 84.1 Å². The number of esters is 1. The van der Waals surface area contributed by atoms with Crippen LogP contribution < -0.4 is 50.0 Å². The predicted octanol–water partition coefficient (Wildman–Crippen LogP) is 7.68. The van der Waals surface area contributed by atoms with Crippen molar-refractivity contribution in [1.82, 2.24) is 39.9 Å². The summed E-state index contributed by atoms with van der Waals surface area (Å²) in [6.45, 7) is 2.32. The fraction of sp³-hybridized carbons (Fsp3) is 0.294. The standard InChI is InChI=1S/C26H27N7O5S.C25H25N7O5S/c1-36-19-9-7-16(11-20(19)37-2)29-22-21-24(39-14-28-21)32-26(31-22)33-10-4-5-15(13-33)23(34)30-17-6-8-18(27-12-17)25(35)38-3;1-36-18-8-6-15(10-19(18)37-2)28-21-20-23(38-13-27-20)31-25(30-21)32-9-3-4-14(12-32)22(33)29-16-5-7-17(24(34)35)26-11-16/h6-9,11-12,14-15H,4-5,10,13H2,1-3H3,(H,30,34)(H,29,31,32);5-8,10-11,13-14H,3-4,9,12H2,1-2H3,(H,29,33)(H,34,35)(H,28,30,31). The van der Waals surface area contributed by atoms with Crippen LogP contribution in [0.1, 0.15) is 46.7 Å². The molecule has 0 bridgehead atoms. The first kappa shape index (κ1) is 52.8. The van der Waals surface area contributed by atoms with Crippen LogP contribution in [0.3, 0.4) is 0 Å². The van der Waals surface area contributed by atoms with Gasteiger partial charge in [-0.1, -0.05) is 0 Å². The molecule has 0 aliphatic carbocycles. The summed E-state index contributed by atoms with van der Waals surface area (Å²) in [7, 11) is 7.62. The van der Waals surface area contributed by atoms with Crippen LogP contribution in [0.4, 0.5) is 46.3 Å². The van der Waals surface area contributed by atoms with Crippen molar-refractivity contribution in [2.45, 2.75) is 25.7 Å².